The van der Waals surface area contributed by atoms with Crippen molar-refractivity contribution in [2.75, 3.05) is 6.54 Å². The summed E-state index contributed by atoms with van der Waals surface area (Å²) >= 11 is 0. The van der Waals surface area contributed by atoms with Crippen molar-refractivity contribution >= 4 is 0 Å². The van der Waals surface area contributed by atoms with Gasteiger partial charge in [0.1, 0.15) is 0 Å². The summed E-state index contributed by atoms with van der Waals surface area (Å²) in [7, 11) is 0. The van der Waals surface area contributed by atoms with Crippen molar-refractivity contribution in [1.82, 2.24) is 5.32 Å². The molecule has 0 aliphatic heterocycles. The number of nitrogens with one attached hydrogen (secondary N) is 1. The van der Waals surface area contributed by atoms with Crippen LogP contribution in [0.5, 0.6) is 0 Å². The molecule has 1 nitrogen and oxygen atoms in total. The molecule has 0 aromatic rings. The van der Waals surface area contributed by atoms with E-state index in [0.717, 1.165) is 6.42 Å². The molecule has 0 fully saturated rings. The van der Waals surface area contributed by atoms with Crippen molar-refractivity contribution in [2.24, 2.45) is 0 Å². The molecule has 0 heterocycles. The third kappa shape index (κ3) is 7.84. The van der Waals surface area contributed by atoms with Crippen LogP contribution in [0, 0.1) is 0 Å². The minimum Gasteiger partial charge on any atom is -0.313 e. The van der Waals surface area contributed by atoms with Gasteiger partial charge in [0.25, 0.3) is 0 Å². The van der Waals surface area contributed by atoms with Gasteiger partial charge in [-0.3, -0.25) is 0 Å². The minimum absolute atomic E-state index is 0.361. The molecule has 0 saturated heterocycles. The molecule has 78 valence electrons. The van der Waals surface area contributed by atoms with E-state index in [1.54, 1.807) is 0 Å². The highest BCUT2D eigenvalue weighted by Crippen LogP contribution is 2.22. The van der Waals surface area contributed by atoms with Gasteiger partial charge in [0.05, 0.1) is 6.42 Å². The summed E-state index contributed by atoms with van der Waals surface area (Å²) < 4.78 is 35.9. The van der Waals surface area contributed by atoms with Crippen LogP contribution in [0.2, 0.25) is 0 Å². The second kappa shape index (κ2) is 6.02. The van der Waals surface area contributed by atoms with Crippen LogP contribution in [-0.2, 0) is 0 Å². The summed E-state index contributed by atoms with van der Waals surface area (Å²) in [6, 6.07) is -0.516. The van der Waals surface area contributed by atoms with Crippen LogP contribution >= 0.6 is 0 Å². The molecule has 0 spiro atoms. The first-order valence-electron chi connectivity index (χ1n) is 4.40. The van der Waals surface area contributed by atoms with Crippen molar-refractivity contribution in [3.05, 3.63) is 12.7 Å². The van der Waals surface area contributed by atoms with Gasteiger partial charge < -0.3 is 5.32 Å². The maximum Gasteiger partial charge on any atom is 0.390 e. The molecule has 0 rings (SSSR count). The second-order valence-corrected chi connectivity index (χ2v) is 2.99. The third-order valence-corrected chi connectivity index (χ3v) is 1.61. The van der Waals surface area contributed by atoms with E-state index >= 15 is 0 Å². The summed E-state index contributed by atoms with van der Waals surface area (Å²) in [6.07, 6.45) is -2.16. The number of halogens is 3. The van der Waals surface area contributed by atoms with E-state index in [2.05, 4.69) is 11.9 Å². The van der Waals surface area contributed by atoms with Crippen LogP contribution in [0.4, 0.5) is 13.2 Å². The van der Waals surface area contributed by atoms with Gasteiger partial charge in [-0.05, 0) is 19.4 Å². The second-order valence-electron chi connectivity index (χ2n) is 2.99. The Morgan fingerprint density at radius 1 is 1.46 bits per heavy atom. The highest BCUT2D eigenvalue weighted by atomic mass is 19.4. The van der Waals surface area contributed by atoms with E-state index in [1.165, 1.54) is 6.08 Å². The zero-order chi connectivity index (χ0) is 10.3. The monoisotopic (exact) mass is 195 g/mol. The van der Waals surface area contributed by atoms with Gasteiger partial charge in [-0.25, -0.2) is 0 Å². The predicted molar refractivity (Wildman–Crippen MR) is 47.6 cm³/mol. The number of rotatable bonds is 6. The fourth-order valence-corrected chi connectivity index (χ4v) is 1.07. The quantitative estimate of drug-likeness (QED) is 0.642. The summed E-state index contributed by atoms with van der Waals surface area (Å²) in [6.45, 7) is 5.97. The molecule has 0 aromatic carbocycles. The Morgan fingerprint density at radius 3 is 2.46 bits per heavy atom. The first-order chi connectivity index (χ1) is 5.99. The van der Waals surface area contributed by atoms with E-state index < -0.39 is 18.6 Å². The Balaban J connectivity index is 3.86. The van der Waals surface area contributed by atoms with Gasteiger partial charge in [-0.1, -0.05) is 13.0 Å². The molecule has 1 unspecified atom stereocenters. The maximum atomic E-state index is 12.0. The van der Waals surface area contributed by atoms with Crippen LogP contribution < -0.4 is 5.32 Å². The van der Waals surface area contributed by atoms with Gasteiger partial charge in [0, 0.05) is 6.04 Å². The fraction of sp³-hybridized carbons (Fsp3) is 0.778. The Bertz CT molecular complexity index is 142. The zero-order valence-corrected chi connectivity index (χ0v) is 7.82. The van der Waals surface area contributed by atoms with Crippen LogP contribution in [0.25, 0.3) is 0 Å². The Hall–Kier alpha value is -0.510. The van der Waals surface area contributed by atoms with Crippen molar-refractivity contribution in [3.63, 3.8) is 0 Å². The van der Waals surface area contributed by atoms with E-state index in [9.17, 15) is 13.2 Å². The van der Waals surface area contributed by atoms with E-state index in [0.29, 0.717) is 13.0 Å². The molecule has 0 aliphatic carbocycles. The molecule has 0 aromatic heterocycles. The lowest BCUT2D eigenvalue weighted by Crippen LogP contribution is -2.33. The Morgan fingerprint density at radius 2 is 2.08 bits per heavy atom. The smallest absolute Gasteiger partial charge is 0.313 e. The summed E-state index contributed by atoms with van der Waals surface area (Å²) in [5.41, 5.74) is 0. The lowest BCUT2D eigenvalue weighted by atomic mass is 10.1. The predicted octanol–water partition coefficient (Wildman–Crippen LogP) is 2.88. The Kier molecular flexibility index (Phi) is 5.79. The number of hydrogen-bond donors (Lipinski definition) is 1. The fourth-order valence-electron chi connectivity index (χ4n) is 1.07. The average molecular weight is 195 g/mol. The third-order valence-electron chi connectivity index (χ3n) is 1.61. The van der Waals surface area contributed by atoms with Gasteiger partial charge >= 0.3 is 6.18 Å². The maximum absolute atomic E-state index is 12.0. The normalized spacial score (nSPS) is 14.2. The summed E-state index contributed by atoms with van der Waals surface area (Å²) in [5.74, 6) is 0. The molecule has 1 atom stereocenters. The van der Waals surface area contributed by atoms with Crippen LogP contribution in [-0.4, -0.2) is 18.8 Å². The van der Waals surface area contributed by atoms with Gasteiger partial charge in [0.15, 0.2) is 0 Å². The highest BCUT2D eigenvalue weighted by Gasteiger charge is 2.30. The van der Waals surface area contributed by atoms with Crippen LogP contribution in [0.15, 0.2) is 12.7 Å². The molecular formula is C9H16F3N. The van der Waals surface area contributed by atoms with E-state index in [4.69, 9.17) is 0 Å². The topological polar surface area (TPSA) is 12.0 Å². The first-order valence-corrected chi connectivity index (χ1v) is 4.40. The highest BCUT2D eigenvalue weighted by molar-refractivity contribution is 4.79. The van der Waals surface area contributed by atoms with Crippen molar-refractivity contribution in [3.8, 4) is 0 Å². The standard InChI is InChI=1S/C9H16F3N/c1-3-5-8(13-6-4-2)7-9(10,11)12/h3,8,13H,1,4-7H2,2H3. The molecule has 0 saturated carbocycles. The number of alkyl halides is 3. The van der Waals surface area contributed by atoms with Crippen molar-refractivity contribution in [1.29, 1.82) is 0 Å². The zero-order valence-electron chi connectivity index (χ0n) is 7.82. The van der Waals surface area contributed by atoms with Gasteiger partial charge in [-0.2, -0.15) is 13.2 Å². The van der Waals surface area contributed by atoms with Gasteiger partial charge in [-0.15, -0.1) is 6.58 Å². The van der Waals surface area contributed by atoms with Crippen LogP contribution in [0.1, 0.15) is 26.2 Å². The molecular weight excluding hydrogens is 179 g/mol. The van der Waals surface area contributed by atoms with Crippen LogP contribution in [0.3, 0.4) is 0 Å². The molecule has 0 bridgehead atoms. The minimum atomic E-state index is -4.09. The van der Waals surface area contributed by atoms with E-state index in [-0.39, 0.29) is 0 Å². The average Bonchev–Trinajstić information content (AvgIpc) is 1.98. The Labute approximate surface area is 77.0 Å². The summed E-state index contributed by atoms with van der Waals surface area (Å²) in [4.78, 5) is 0. The molecule has 0 amide bonds. The van der Waals surface area contributed by atoms with Crippen molar-refractivity contribution in [2.45, 2.75) is 38.4 Å². The molecule has 4 heteroatoms. The largest absolute Gasteiger partial charge is 0.390 e. The lowest BCUT2D eigenvalue weighted by molar-refractivity contribution is -0.139. The molecule has 0 aliphatic rings. The molecule has 0 radical (unpaired) electrons. The SMILES string of the molecule is C=CCC(CC(F)(F)F)NCCC. The molecule has 13 heavy (non-hydrogen) atoms. The first kappa shape index (κ1) is 12.5. The van der Waals surface area contributed by atoms with E-state index in [1.807, 2.05) is 6.92 Å². The van der Waals surface area contributed by atoms with Crippen molar-refractivity contribution < 1.29 is 13.2 Å². The summed E-state index contributed by atoms with van der Waals surface area (Å²) in [5, 5.41) is 2.84. The lowest BCUT2D eigenvalue weighted by Gasteiger charge is -2.18. The number of hydrogen-bond acceptors (Lipinski definition) is 1. The molecule has 1 N–H and O–H groups in total. The van der Waals surface area contributed by atoms with Gasteiger partial charge in [0.2, 0.25) is 0 Å².